The number of fused-ring (bicyclic) bond motifs is 5. The van der Waals surface area contributed by atoms with Crippen molar-refractivity contribution in [1.29, 1.82) is 0 Å². The fourth-order valence-corrected chi connectivity index (χ4v) is 6.23. The van der Waals surface area contributed by atoms with Crippen LogP contribution >= 0.6 is 0 Å². The molecule has 0 saturated carbocycles. The Hall–Kier alpha value is -6.33. The molecular formula is C41H25N5. The van der Waals surface area contributed by atoms with Gasteiger partial charge in [-0.05, 0) is 53.2 Å². The normalized spacial score (nSPS) is 11.5. The molecule has 0 unspecified atom stereocenters. The fourth-order valence-electron chi connectivity index (χ4n) is 6.23. The van der Waals surface area contributed by atoms with Crippen LogP contribution in [0.1, 0.15) is 0 Å². The van der Waals surface area contributed by atoms with Gasteiger partial charge in [-0.3, -0.25) is 4.98 Å². The molecule has 0 aliphatic heterocycles. The van der Waals surface area contributed by atoms with Crippen LogP contribution in [0.2, 0.25) is 0 Å². The highest BCUT2D eigenvalue weighted by Gasteiger charge is 2.16. The van der Waals surface area contributed by atoms with Gasteiger partial charge >= 0.3 is 0 Å². The first kappa shape index (κ1) is 26.1. The lowest BCUT2D eigenvalue weighted by atomic mass is 9.95. The topological polar surface area (TPSA) is 64.5 Å². The van der Waals surface area contributed by atoms with Crippen molar-refractivity contribution in [3.05, 3.63) is 152 Å². The van der Waals surface area contributed by atoms with Crippen molar-refractivity contribution in [1.82, 2.24) is 24.9 Å². The predicted octanol–water partition coefficient (Wildman–Crippen LogP) is 9.94. The highest BCUT2D eigenvalue weighted by molar-refractivity contribution is 6.05. The summed E-state index contributed by atoms with van der Waals surface area (Å²) in [5.74, 6) is 0. The van der Waals surface area contributed by atoms with E-state index in [0.717, 1.165) is 88.6 Å². The molecule has 4 heterocycles. The van der Waals surface area contributed by atoms with E-state index in [1.54, 1.807) is 6.20 Å². The SMILES string of the molecule is c1ccc(-c2nc3ccccc3nc2-c2cccc3ccc(-c4ccc5ccc6ccc(-c7cccnc7)nc6c5n4)cc23)cc1. The molecule has 0 aliphatic carbocycles. The van der Waals surface area contributed by atoms with E-state index in [2.05, 4.69) is 83.8 Å². The second-order valence-corrected chi connectivity index (χ2v) is 11.4. The third-order valence-corrected chi connectivity index (χ3v) is 8.53. The summed E-state index contributed by atoms with van der Waals surface area (Å²) >= 11 is 0. The zero-order valence-corrected chi connectivity index (χ0v) is 24.7. The van der Waals surface area contributed by atoms with Gasteiger partial charge in [-0.15, -0.1) is 0 Å². The lowest BCUT2D eigenvalue weighted by molar-refractivity contribution is 1.30. The van der Waals surface area contributed by atoms with Crippen LogP contribution in [-0.2, 0) is 0 Å². The van der Waals surface area contributed by atoms with Crippen molar-refractivity contribution in [3.63, 3.8) is 0 Å². The summed E-state index contributed by atoms with van der Waals surface area (Å²) in [5, 5.41) is 4.32. The van der Waals surface area contributed by atoms with E-state index in [1.165, 1.54) is 0 Å². The Kier molecular flexibility index (Phi) is 6.06. The summed E-state index contributed by atoms with van der Waals surface area (Å²) in [7, 11) is 0. The number of aromatic nitrogens is 5. The average Bonchev–Trinajstić information content (AvgIpc) is 3.14. The highest BCUT2D eigenvalue weighted by Crippen LogP contribution is 2.37. The minimum absolute atomic E-state index is 0.859. The first-order chi connectivity index (χ1) is 22.8. The fraction of sp³-hybridized carbons (Fsp3) is 0. The van der Waals surface area contributed by atoms with Crippen LogP contribution in [0, 0.1) is 0 Å². The molecule has 5 heteroatoms. The Morgan fingerprint density at radius 2 is 1.02 bits per heavy atom. The monoisotopic (exact) mass is 587 g/mol. The second kappa shape index (κ2) is 10.7. The average molecular weight is 588 g/mol. The summed E-state index contributed by atoms with van der Waals surface area (Å²) in [6.07, 6.45) is 3.62. The van der Waals surface area contributed by atoms with Crippen LogP contribution in [0.4, 0.5) is 0 Å². The molecule has 5 nitrogen and oxygen atoms in total. The number of benzene rings is 5. The van der Waals surface area contributed by atoms with E-state index in [4.69, 9.17) is 19.9 Å². The van der Waals surface area contributed by atoms with E-state index >= 15 is 0 Å². The molecule has 4 aromatic heterocycles. The van der Waals surface area contributed by atoms with Crippen LogP contribution in [0.3, 0.4) is 0 Å². The maximum atomic E-state index is 5.22. The Labute approximate surface area is 264 Å². The van der Waals surface area contributed by atoms with Gasteiger partial charge in [0.1, 0.15) is 0 Å². The third-order valence-electron chi connectivity index (χ3n) is 8.53. The van der Waals surface area contributed by atoms with Gasteiger partial charge in [0.2, 0.25) is 0 Å². The molecule has 9 aromatic rings. The molecule has 0 saturated heterocycles. The van der Waals surface area contributed by atoms with Crippen LogP contribution in [0.5, 0.6) is 0 Å². The lowest BCUT2D eigenvalue weighted by Gasteiger charge is -2.14. The number of nitrogens with zero attached hydrogens (tertiary/aromatic N) is 5. The molecule has 0 N–H and O–H groups in total. The Morgan fingerprint density at radius 3 is 1.74 bits per heavy atom. The zero-order chi connectivity index (χ0) is 30.5. The van der Waals surface area contributed by atoms with Gasteiger partial charge in [0.25, 0.3) is 0 Å². The molecular weight excluding hydrogens is 562 g/mol. The molecule has 0 radical (unpaired) electrons. The van der Waals surface area contributed by atoms with Gasteiger partial charge in [0.15, 0.2) is 0 Å². The number of pyridine rings is 3. The van der Waals surface area contributed by atoms with Gasteiger partial charge < -0.3 is 0 Å². The van der Waals surface area contributed by atoms with E-state index in [1.807, 2.05) is 66.9 Å². The molecule has 46 heavy (non-hydrogen) atoms. The largest absolute Gasteiger partial charge is 0.264 e. The molecule has 0 aliphatic rings. The van der Waals surface area contributed by atoms with E-state index < -0.39 is 0 Å². The van der Waals surface area contributed by atoms with Crippen LogP contribution in [0.15, 0.2) is 152 Å². The quantitative estimate of drug-likeness (QED) is 0.192. The molecule has 0 fully saturated rings. The van der Waals surface area contributed by atoms with Crippen molar-refractivity contribution in [2.24, 2.45) is 0 Å². The molecule has 0 amide bonds. The first-order valence-electron chi connectivity index (χ1n) is 15.3. The van der Waals surface area contributed by atoms with Crippen LogP contribution < -0.4 is 0 Å². The lowest BCUT2D eigenvalue weighted by Crippen LogP contribution is -1.96. The van der Waals surface area contributed by atoms with E-state index in [0.29, 0.717) is 0 Å². The van der Waals surface area contributed by atoms with E-state index in [-0.39, 0.29) is 0 Å². The molecule has 0 spiro atoms. The van der Waals surface area contributed by atoms with Gasteiger partial charge in [-0.2, -0.15) is 0 Å². The highest BCUT2D eigenvalue weighted by atomic mass is 14.8. The summed E-state index contributed by atoms with van der Waals surface area (Å²) in [5.41, 5.74) is 11.0. The van der Waals surface area contributed by atoms with Crippen LogP contribution in [-0.4, -0.2) is 24.9 Å². The maximum absolute atomic E-state index is 5.22. The minimum atomic E-state index is 0.859. The Balaban J connectivity index is 1.24. The van der Waals surface area contributed by atoms with Crippen molar-refractivity contribution >= 4 is 43.6 Å². The van der Waals surface area contributed by atoms with Crippen molar-refractivity contribution in [2.75, 3.05) is 0 Å². The third kappa shape index (κ3) is 4.45. The number of hydrogen-bond acceptors (Lipinski definition) is 5. The molecule has 214 valence electrons. The standard InChI is InChI=1S/C41H25N5/c1-2-8-27(9-3-1)40-41(46-37-14-5-4-13-36(37)45-40)32-12-6-10-26-15-18-30(24-33(26)32)34-21-19-28-16-17-29-20-22-35(31-11-7-23-42-25-31)44-39(29)38(28)43-34/h1-25H. The zero-order valence-electron chi connectivity index (χ0n) is 24.7. The maximum Gasteiger partial charge on any atom is 0.0979 e. The van der Waals surface area contributed by atoms with Crippen molar-refractivity contribution in [3.8, 4) is 45.0 Å². The van der Waals surface area contributed by atoms with Crippen molar-refractivity contribution in [2.45, 2.75) is 0 Å². The van der Waals surface area contributed by atoms with Gasteiger partial charge in [-0.1, -0.05) is 97.1 Å². The summed E-state index contributed by atoms with van der Waals surface area (Å²) < 4.78 is 0. The summed E-state index contributed by atoms with van der Waals surface area (Å²) in [6, 6.07) is 47.8. The van der Waals surface area contributed by atoms with Gasteiger partial charge in [-0.25, -0.2) is 19.9 Å². The second-order valence-electron chi connectivity index (χ2n) is 11.4. The smallest absolute Gasteiger partial charge is 0.0979 e. The minimum Gasteiger partial charge on any atom is -0.264 e. The van der Waals surface area contributed by atoms with Gasteiger partial charge in [0, 0.05) is 45.4 Å². The van der Waals surface area contributed by atoms with Crippen molar-refractivity contribution < 1.29 is 0 Å². The summed E-state index contributed by atoms with van der Waals surface area (Å²) in [4.78, 5) is 24.9. The number of para-hydroxylation sites is 2. The molecule has 0 atom stereocenters. The van der Waals surface area contributed by atoms with Gasteiger partial charge in [0.05, 0.1) is 44.8 Å². The summed E-state index contributed by atoms with van der Waals surface area (Å²) in [6.45, 7) is 0. The number of hydrogen-bond donors (Lipinski definition) is 0. The van der Waals surface area contributed by atoms with E-state index in [9.17, 15) is 0 Å². The first-order valence-corrected chi connectivity index (χ1v) is 15.3. The molecule has 5 aromatic carbocycles. The number of rotatable bonds is 4. The van der Waals surface area contributed by atoms with Crippen LogP contribution in [0.25, 0.3) is 88.6 Å². The molecule has 0 bridgehead atoms. The Morgan fingerprint density at radius 1 is 0.391 bits per heavy atom. The predicted molar refractivity (Wildman–Crippen MR) is 187 cm³/mol. The Bertz CT molecular complexity index is 2580. The molecule has 9 rings (SSSR count).